The fourth-order valence-corrected chi connectivity index (χ4v) is 9.42. The Morgan fingerprint density at radius 3 is 2.10 bits per heavy atom. The van der Waals surface area contributed by atoms with Gasteiger partial charge in [0.25, 0.3) is 5.91 Å². The second-order valence-corrected chi connectivity index (χ2v) is 13.6. The minimum atomic E-state index is -1.85. The Morgan fingerprint density at radius 1 is 1.00 bits per heavy atom. The number of hydrogen-bond acceptors (Lipinski definition) is 3. The van der Waals surface area contributed by atoms with Gasteiger partial charge in [-0.3, -0.25) is 4.79 Å². The van der Waals surface area contributed by atoms with Crippen LogP contribution in [0.4, 0.5) is 5.69 Å². The molecule has 1 aliphatic rings. The molecule has 2 aromatic carbocycles. The fraction of sp³-hybridized carbons (Fsp3) is 0.462. The van der Waals surface area contributed by atoms with Crippen LogP contribution in [-0.4, -0.2) is 35.5 Å². The lowest BCUT2D eigenvalue weighted by Gasteiger charge is -2.32. The summed E-state index contributed by atoms with van der Waals surface area (Å²) < 4.78 is 5.62. The maximum atomic E-state index is 13.6. The van der Waals surface area contributed by atoms with E-state index in [4.69, 9.17) is 4.74 Å². The molecule has 0 aromatic heterocycles. The maximum Gasteiger partial charge on any atom is 0.344 e. The van der Waals surface area contributed by atoms with Gasteiger partial charge in [0.1, 0.15) is 6.61 Å². The normalized spacial score (nSPS) is 14.7. The molecule has 1 fully saturated rings. The van der Waals surface area contributed by atoms with Gasteiger partial charge in [-0.15, -0.1) is 0 Å². The molecule has 0 saturated heterocycles. The summed E-state index contributed by atoms with van der Waals surface area (Å²) in [6.07, 6.45) is 3.87. The van der Waals surface area contributed by atoms with E-state index in [1.807, 2.05) is 44.2 Å². The highest BCUT2D eigenvalue weighted by Crippen LogP contribution is 2.77. The van der Waals surface area contributed by atoms with E-state index in [0.29, 0.717) is 6.16 Å². The fourth-order valence-electron chi connectivity index (χ4n) is 4.88. The minimum Gasteiger partial charge on any atom is -0.458 e. The topological polar surface area (TPSA) is 55.4 Å². The van der Waals surface area contributed by atoms with Gasteiger partial charge in [-0.1, -0.05) is 48.0 Å². The van der Waals surface area contributed by atoms with Gasteiger partial charge in [0.15, 0.2) is 11.3 Å². The monoisotopic (exact) mass is 440 g/mol. The van der Waals surface area contributed by atoms with Crippen molar-refractivity contribution < 1.29 is 14.3 Å². The smallest absolute Gasteiger partial charge is 0.344 e. The van der Waals surface area contributed by atoms with Crippen LogP contribution in [-0.2, 0) is 20.9 Å². The second kappa shape index (κ2) is 9.53. The summed E-state index contributed by atoms with van der Waals surface area (Å²) in [5.41, 5.74) is 5.26. The van der Waals surface area contributed by atoms with E-state index in [9.17, 15) is 9.59 Å². The van der Waals surface area contributed by atoms with Crippen LogP contribution >= 0.6 is 7.26 Å². The molecule has 0 atom stereocenters. The van der Waals surface area contributed by atoms with E-state index in [2.05, 4.69) is 38.2 Å². The molecule has 166 valence electrons. The van der Waals surface area contributed by atoms with Crippen molar-refractivity contribution >= 4 is 24.8 Å². The molecule has 3 rings (SSSR count). The number of nitrogens with one attached hydrogen (secondary N) is 1. The Balaban J connectivity index is 1.76. The summed E-state index contributed by atoms with van der Waals surface area (Å²) >= 11 is 0. The van der Waals surface area contributed by atoms with Gasteiger partial charge in [-0.05, 0) is 51.3 Å². The van der Waals surface area contributed by atoms with Crippen molar-refractivity contribution in [2.24, 2.45) is 0 Å². The maximum absolute atomic E-state index is 13.6. The predicted molar refractivity (Wildman–Crippen MR) is 130 cm³/mol. The number of amides is 1. The van der Waals surface area contributed by atoms with Crippen LogP contribution in [0.15, 0.2) is 42.5 Å². The van der Waals surface area contributed by atoms with Gasteiger partial charge in [-0.25, -0.2) is 4.79 Å². The third kappa shape index (κ3) is 4.85. The zero-order valence-electron chi connectivity index (χ0n) is 19.5. The number of ether oxygens (including phenoxy) is 1. The largest absolute Gasteiger partial charge is 0.458 e. The van der Waals surface area contributed by atoms with Gasteiger partial charge in [0, 0.05) is 25.8 Å². The quantitative estimate of drug-likeness (QED) is 0.391. The summed E-state index contributed by atoms with van der Waals surface area (Å²) in [6.45, 7) is 10.7. The summed E-state index contributed by atoms with van der Waals surface area (Å²) in [7, 11) is -1.85. The first kappa shape index (κ1) is 23.5. The van der Waals surface area contributed by atoms with Gasteiger partial charge < -0.3 is 10.1 Å². The number of hydrogen-bond donors (Lipinski definition) is 1. The molecule has 0 unspecified atom stereocenters. The van der Waals surface area contributed by atoms with Gasteiger partial charge in [0.05, 0.1) is 12.3 Å². The SMILES string of the molecule is CC[P+](CC)(CC(=O)OCc1ccccc1)C1(C(=O)Nc2c(C)cc(C)cc2C)CC1. The summed E-state index contributed by atoms with van der Waals surface area (Å²) in [4.78, 5) is 26.4. The average Bonchev–Trinajstić information content (AvgIpc) is 3.56. The van der Waals surface area contributed by atoms with Crippen LogP contribution in [0.2, 0.25) is 0 Å². The average molecular weight is 441 g/mol. The number of benzene rings is 2. The van der Waals surface area contributed by atoms with E-state index < -0.39 is 12.4 Å². The molecule has 1 aliphatic carbocycles. The van der Waals surface area contributed by atoms with Crippen molar-refractivity contribution in [2.45, 2.75) is 59.2 Å². The molecule has 4 nitrogen and oxygen atoms in total. The van der Waals surface area contributed by atoms with Crippen LogP contribution in [0.3, 0.4) is 0 Å². The number of esters is 1. The first-order valence-corrected chi connectivity index (χ1v) is 13.6. The lowest BCUT2D eigenvalue weighted by molar-refractivity contribution is -0.141. The molecule has 0 bridgehead atoms. The third-order valence-corrected chi connectivity index (χ3v) is 12.6. The van der Waals surface area contributed by atoms with E-state index in [-0.39, 0.29) is 18.5 Å². The minimum absolute atomic E-state index is 0.0930. The first-order chi connectivity index (χ1) is 14.8. The van der Waals surface area contributed by atoms with Crippen molar-refractivity contribution in [3.05, 3.63) is 64.7 Å². The Morgan fingerprint density at radius 2 is 1.58 bits per heavy atom. The molecule has 1 saturated carbocycles. The van der Waals surface area contributed by atoms with Crippen LogP contribution in [0.25, 0.3) is 0 Å². The number of rotatable bonds is 9. The molecule has 0 spiro atoms. The van der Waals surface area contributed by atoms with Crippen molar-refractivity contribution in [1.82, 2.24) is 0 Å². The standard InChI is InChI=1S/C26H34NO3P/c1-6-31(7-2,18-23(28)30-17-22-11-9-8-10-12-22)26(13-14-26)25(29)27-24-20(4)15-19(3)16-21(24)5/h8-12,15-16H,6-7,13-14,17-18H2,1-5H3/p+1. The summed E-state index contributed by atoms with van der Waals surface area (Å²) in [6, 6.07) is 13.9. The zero-order chi connectivity index (χ0) is 22.6. The van der Waals surface area contributed by atoms with Gasteiger partial charge in [-0.2, -0.15) is 0 Å². The Labute approximate surface area is 187 Å². The van der Waals surface area contributed by atoms with E-state index in [1.165, 1.54) is 5.56 Å². The molecule has 0 radical (unpaired) electrons. The number of aryl methyl sites for hydroxylation is 3. The molecular weight excluding hydrogens is 405 g/mol. The Hall–Kier alpha value is -2.19. The molecule has 5 heteroatoms. The van der Waals surface area contributed by atoms with Crippen molar-refractivity contribution in [3.8, 4) is 0 Å². The molecular formula is C26H35NO3P+. The summed E-state index contributed by atoms with van der Waals surface area (Å²) in [5.74, 6) is -0.0851. The Bertz CT molecular complexity index is 923. The molecule has 1 amide bonds. The third-order valence-electron chi connectivity index (χ3n) is 6.85. The highest BCUT2D eigenvalue weighted by molar-refractivity contribution is 7.79. The second-order valence-electron chi connectivity index (χ2n) is 8.84. The van der Waals surface area contributed by atoms with Crippen molar-refractivity contribution in [2.75, 3.05) is 23.8 Å². The highest BCUT2D eigenvalue weighted by atomic mass is 31.2. The Kier molecular flexibility index (Phi) is 7.21. The zero-order valence-corrected chi connectivity index (χ0v) is 20.4. The van der Waals surface area contributed by atoms with Crippen LogP contribution in [0.1, 0.15) is 48.9 Å². The van der Waals surface area contributed by atoms with Crippen molar-refractivity contribution in [1.29, 1.82) is 0 Å². The molecule has 0 heterocycles. The number of carbonyl (C=O) groups excluding carboxylic acids is 2. The van der Waals surface area contributed by atoms with Crippen LogP contribution in [0, 0.1) is 20.8 Å². The van der Waals surface area contributed by atoms with Crippen LogP contribution < -0.4 is 5.32 Å². The first-order valence-electron chi connectivity index (χ1n) is 11.2. The lowest BCUT2D eigenvalue weighted by atomic mass is 10.0. The number of carbonyl (C=O) groups is 2. The van der Waals surface area contributed by atoms with E-state index in [1.54, 1.807) is 0 Å². The lowest BCUT2D eigenvalue weighted by Crippen LogP contribution is -2.37. The van der Waals surface area contributed by atoms with E-state index >= 15 is 0 Å². The van der Waals surface area contributed by atoms with Crippen molar-refractivity contribution in [3.63, 3.8) is 0 Å². The molecule has 31 heavy (non-hydrogen) atoms. The molecule has 0 aliphatic heterocycles. The van der Waals surface area contributed by atoms with E-state index in [0.717, 1.165) is 47.5 Å². The highest BCUT2D eigenvalue weighted by Gasteiger charge is 2.69. The predicted octanol–water partition coefficient (Wildman–Crippen LogP) is 5.88. The number of anilines is 1. The summed E-state index contributed by atoms with van der Waals surface area (Å²) in [5, 5.41) is 2.85. The van der Waals surface area contributed by atoms with Crippen LogP contribution in [0.5, 0.6) is 0 Å². The van der Waals surface area contributed by atoms with Gasteiger partial charge >= 0.3 is 5.97 Å². The van der Waals surface area contributed by atoms with Gasteiger partial charge in [0.2, 0.25) is 0 Å². The molecule has 1 N–H and O–H groups in total. The molecule has 2 aromatic rings.